The third-order valence-electron chi connectivity index (χ3n) is 4.26. The van der Waals surface area contributed by atoms with Crippen molar-refractivity contribution in [2.45, 2.75) is 25.8 Å². The van der Waals surface area contributed by atoms with Crippen LogP contribution < -0.4 is 5.73 Å². The van der Waals surface area contributed by atoms with Crippen LogP contribution in [0, 0.1) is 5.41 Å². The molecule has 1 aromatic rings. The lowest BCUT2D eigenvalue weighted by molar-refractivity contribution is -0.132. The van der Waals surface area contributed by atoms with Gasteiger partial charge in [-0.25, -0.2) is 0 Å². The molecule has 1 saturated heterocycles. The highest BCUT2D eigenvalue weighted by Gasteiger charge is 2.40. The molecule has 1 aliphatic rings. The Bertz CT molecular complexity index is 495. The van der Waals surface area contributed by atoms with Crippen molar-refractivity contribution in [3.05, 3.63) is 34.9 Å². The third-order valence-corrected chi connectivity index (χ3v) is 4.49. The van der Waals surface area contributed by atoms with E-state index in [1.165, 1.54) is 0 Å². The van der Waals surface area contributed by atoms with Crippen LogP contribution in [-0.2, 0) is 16.1 Å². The van der Waals surface area contributed by atoms with Crippen molar-refractivity contribution in [2.75, 3.05) is 26.8 Å². The van der Waals surface area contributed by atoms with Gasteiger partial charge in [0.05, 0.1) is 5.41 Å². The zero-order valence-electron chi connectivity index (χ0n) is 12.5. The minimum atomic E-state index is -0.465. The van der Waals surface area contributed by atoms with Crippen LogP contribution in [-0.4, -0.2) is 37.6 Å². The molecule has 1 aliphatic heterocycles. The van der Waals surface area contributed by atoms with E-state index >= 15 is 0 Å². The summed E-state index contributed by atoms with van der Waals surface area (Å²) in [6.45, 7) is 3.03. The summed E-state index contributed by atoms with van der Waals surface area (Å²) in [7, 11) is 1.65. The van der Waals surface area contributed by atoms with Gasteiger partial charge in [0, 0.05) is 31.8 Å². The number of nitrogens with two attached hydrogens (primary N) is 1. The van der Waals surface area contributed by atoms with Crippen molar-refractivity contribution in [2.24, 2.45) is 11.1 Å². The number of primary amides is 1. The van der Waals surface area contributed by atoms with E-state index < -0.39 is 5.41 Å². The fourth-order valence-electron chi connectivity index (χ4n) is 3.08. The molecule has 1 fully saturated rings. The van der Waals surface area contributed by atoms with Gasteiger partial charge in [-0.15, -0.1) is 0 Å². The molecule has 0 bridgehead atoms. The fourth-order valence-corrected chi connectivity index (χ4v) is 3.29. The second-order valence-corrected chi connectivity index (χ2v) is 6.27. The number of benzene rings is 1. The van der Waals surface area contributed by atoms with Crippen molar-refractivity contribution < 1.29 is 9.53 Å². The van der Waals surface area contributed by atoms with E-state index in [0.717, 1.165) is 36.5 Å². The first kappa shape index (κ1) is 16.3. The average molecular weight is 311 g/mol. The normalized spacial score (nSPS) is 23.1. The summed E-state index contributed by atoms with van der Waals surface area (Å²) >= 11 is 6.03. The Balaban J connectivity index is 2.06. The second kappa shape index (κ2) is 7.25. The van der Waals surface area contributed by atoms with Gasteiger partial charge in [0.1, 0.15) is 0 Å². The number of methoxy groups -OCH3 is 1. The number of likely N-dealkylation sites (tertiary alicyclic amines) is 1. The second-order valence-electron chi connectivity index (χ2n) is 5.83. The number of hydrogen-bond acceptors (Lipinski definition) is 3. The average Bonchev–Trinajstić information content (AvgIpc) is 2.45. The topological polar surface area (TPSA) is 55.6 Å². The predicted molar refractivity (Wildman–Crippen MR) is 84.1 cm³/mol. The van der Waals surface area contributed by atoms with Gasteiger partial charge in [0.15, 0.2) is 0 Å². The Labute approximate surface area is 131 Å². The quantitative estimate of drug-likeness (QED) is 0.878. The number of nitrogens with zero attached hydrogens (tertiary/aromatic N) is 1. The molecule has 0 radical (unpaired) electrons. The van der Waals surface area contributed by atoms with E-state index in [1.54, 1.807) is 7.11 Å². The maximum Gasteiger partial charge on any atom is 0.225 e. The zero-order chi connectivity index (χ0) is 15.3. The van der Waals surface area contributed by atoms with Crippen LogP contribution in [0.15, 0.2) is 24.3 Å². The highest BCUT2D eigenvalue weighted by molar-refractivity contribution is 6.30. The van der Waals surface area contributed by atoms with Crippen molar-refractivity contribution >= 4 is 17.5 Å². The molecule has 0 saturated carbocycles. The highest BCUT2D eigenvalue weighted by Crippen LogP contribution is 2.34. The lowest BCUT2D eigenvalue weighted by Crippen LogP contribution is -2.50. The Kier molecular flexibility index (Phi) is 5.62. The Morgan fingerprint density at radius 1 is 1.52 bits per heavy atom. The van der Waals surface area contributed by atoms with Crippen molar-refractivity contribution in [3.63, 3.8) is 0 Å². The first-order chi connectivity index (χ1) is 10.1. The molecule has 116 valence electrons. The van der Waals surface area contributed by atoms with Crippen LogP contribution in [0.5, 0.6) is 0 Å². The Hall–Kier alpha value is -1.10. The Morgan fingerprint density at radius 2 is 2.33 bits per heavy atom. The number of hydrogen-bond donors (Lipinski definition) is 1. The number of halogens is 1. The number of rotatable bonds is 6. The first-order valence-corrected chi connectivity index (χ1v) is 7.69. The number of piperidine rings is 1. The molecule has 1 aromatic carbocycles. The van der Waals surface area contributed by atoms with E-state index in [2.05, 4.69) is 11.0 Å². The minimum absolute atomic E-state index is 0.213. The lowest BCUT2D eigenvalue weighted by Gasteiger charge is -2.40. The van der Waals surface area contributed by atoms with Gasteiger partial charge in [0.25, 0.3) is 0 Å². The van der Waals surface area contributed by atoms with Gasteiger partial charge in [0.2, 0.25) is 5.91 Å². The van der Waals surface area contributed by atoms with Crippen LogP contribution in [0.4, 0.5) is 0 Å². The molecule has 1 unspecified atom stereocenters. The van der Waals surface area contributed by atoms with E-state index in [4.69, 9.17) is 22.1 Å². The standard InChI is InChI=1S/C16H23ClN2O2/c1-21-9-7-16(15(18)20)6-3-8-19(12-16)11-13-4-2-5-14(17)10-13/h2,4-5,10H,3,6-9,11-12H2,1H3,(H2,18,20). The molecule has 0 spiro atoms. The number of amides is 1. The summed E-state index contributed by atoms with van der Waals surface area (Å²) in [6.07, 6.45) is 2.51. The minimum Gasteiger partial charge on any atom is -0.385 e. The summed E-state index contributed by atoms with van der Waals surface area (Å²) in [5.41, 5.74) is 6.38. The highest BCUT2D eigenvalue weighted by atomic mass is 35.5. The third kappa shape index (κ3) is 4.19. The summed E-state index contributed by atoms with van der Waals surface area (Å²) in [5, 5.41) is 0.741. The van der Waals surface area contributed by atoms with Crippen LogP contribution in [0.1, 0.15) is 24.8 Å². The van der Waals surface area contributed by atoms with Gasteiger partial charge in [-0.1, -0.05) is 23.7 Å². The van der Waals surface area contributed by atoms with Gasteiger partial charge in [-0.05, 0) is 43.5 Å². The van der Waals surface area contributed by atoms with Crippen LogP contribution >= 0.6 is 11.6 Å². The predicted octanol–water partition coefficient (Wildman–Crippen LogP) is 2.44. The van der Waals surface area contributed by atoms with E-state index in [1.807, 2.05) is 18.2 Å². The van der Waals surface area contributed by atoms with Gasteiger partial charge in [-0.3, -0.25) is 9.69 Å². The monoisotopic (exact) mass is 310 g/mol. The lowest BCUT2D eigenvalue weighted by atomic mass is 9.76. The molecule has 1 atom stereocenters. The molecule has 5 heteroatoms. The summed E-state index contributed by atoms with van der Waals surface area (Å²) in [4.78, 5) is 14.2. The molecule has 2 N–H and O–H groups in total. The molecule has 21 heavy (non-hydrogen) atoms. The van der Waals surface area contributed by atoms with E-state index in [-0.39, 0.29) is 5.91 Å². The van der Waals surface area contributed by atoms with Crippen molar-refractivity contribution in [1.82, 2.24) is 4.90 Å². The largest absolute Gasteiger partial charge is 0.385 e. The maximum absolute atomic E-state index is 12.0. The maximum atomic E-state index is 12.0. The van der Waals surface area contributed by atoms with Crippen LogP contribution in [0.2, 0.25) is 5.02 Å². The van der Waals surface area contributed by atoms with Gasteiger partial charge < -0.3 is 10.5 Å². The molecule has 0 aliphatic carbocycles. The smallest absolute Gasteiger partial charge is 0.225 e. The molecular formula is C16H23ClN2O2. The molecular weight excluding hydrogens is 288 g/mol. The number of ether oxygens (including phenoxy) is 1. The molecule has 2 rings (SSSR count). The molecule has 4 nitrogen and oxygen atoms in total. The molecule has 0 aromatic heterocycles. The first-order valence-electron chi connectivity index (χ1n) is 7.31. The molecule has 1 amide bonds. The summed E-state index contributed by atoms with van der Waals surface area (Å²) in [5.74, 6) is -0.213. The Morgan fingerprint density at radius 3 is 3.00 bits per heavy atom. The zero-order valence-corrected chi connectivity index (χ0v) is 13.2. The fraction of sp³-hybridized carbons (Fsp3) is 0.562. The van der Waals surface area contributed by atoms with E-state index in [0.29, 0.717) is 19.6 Å². The SMILES string of the molecule is COCCC1(C(N)=O)CCCN(Cc2cccc(Cl)c2)C1. The van der Waals surface area contributed by atoms with Gasteiger partial charge in [-0.2, -0.15) is 0 Å². The van der Waals surface area contributed by atoms with Crippen LogP contribution in [0.3, 0.4) is 0 Å². The van der Waals surface area contributed by atoms with E-state index in [9.17, 15) is 4.79 Å². The number of carbonyl (C=O) groups excluding carboxylic acids is 1. The number of carbonyl (C=O) groups is 1. The summed E-state index contributed by atoms with van der Waals surface area (Å²) < 4.78 is 5.15. The van der Waals surface area contributed by atoms with Crippen molar-refractivity contribution in [1.29, 1.82) is 0 Å². The van der Waals surface area contributed by atoms with Crippen molar-refractivity contribution in [3.8, 4) is 0 Å². The van der Waals surface area contributed by atoms with Gasteiger partial charge >= 0.3 is 0 Å². The molecule has 1 heterocycles. The summed E-state index contributed by atoms with van der Waals surface area (Å²) in [6, 6.07) is 7.85. The van der Waals surface area contributed by atoms with Crippen LogP contribution in [0.25, 0.3) is 0 Å².